The molecule has 0 atom stereocenters. The van der Waals surface area contributed by atoms with Gasteiger partial charge in [0.25, 0.3) is 0 Å². The van der Waals surface area contributed by atoms with Crippen molar-refractivity contribution in [3.63, 3.8) is 0 Å². The molecule has 19 heavy (non-hydrogen) atoms. The Bertz CT molecular complexity index is 290. The van der Waals surface area contributed by atoms with E-state index < -0.39 is 0 Å². The van der Waals surface area contributed by atoms with Crippen molar-refractivity contribution in [2.45, 2.75) is 84.5 Å². The Hall–Kier alpha value is -0.440. The quantitative estimate of drug-likeness (QED) is 0.561. The monoisotopic (exact) mass is 260 g/mol. The largest absolute Gasteiger partial charge is 0.0996 e. The van der Waals surface area contributed by atoms with Gasteiger partial charge in [0.1, 0.15) is 0 Å². The molecule has 0 aromatic rings. The average Bonchev–Trinajstić information content (AvgIpc) is 2.46. The Morgan fingerprint density at radius 1 is 0.789 bits per heavy atom. The standard InChI is InChI=1S/C19H32/c1-3-4-5-17-10-12-19(13-11-17)15-14-18-8-6-16(2)7-9-18/h16-19H,3-13H2,1-2H3/t16-,17-,18-,19-. The molecule has 0 amide bonds. The zero-order chi connectivity index (χ0) is 13.5. The number of unbranched alkanes of at least 4 members (excludes halogenated alkanes) is 1. The first-order chi connectivity index (χ1) is 9.28. The predicted molar refractivity (Wildman–Crippen MR) is 83.9 cm³/mol. The highest BCUT2D eigenvalue weighted by Crippen LogP contribution is 2.32. The van der Waals surface area contributed by atoms with E-state index in [0.717, 1.165) is 23.7 Å². The van der Waals surface area contributed by atoms with Crippen molar-refractivity contribution >= 4 is 0 Å². The van der Waals surface area contributed by atoms with Crippen LogP contribution in [0.1, 0.15) is 84.5 Å². The molecule has 2 saturated carbocycles. The van der Waals surface area contributed by atoms with Crippen molar-refractivity contribution < 1.29 is 0 Å². The van der Waals surface area contributed by atoms with Crippen molar-refractivity contribution in [2.24, 2.45) is 23.7 Å². The van der Waals surface area contributed by atoms with Crippen LogP contribution in [0.15, 0.2) is 0 Å². The molecule has 0 radical (unpaired) electrons. The summed E-state index contributed by atoms with van der Waals surface area (Å²) in [5.41, 5.74) is 0. The molecule has 0 heteroatoms. The summed E-state index contributed by atoms with van der Waals surface area (Å²) in [4.78, 5) is 0. The van der Waals surface area contributed by atoms with Crippen molar-refractivity contribution in [3.8, 4) is 11.8 Å². The number of hydrogen-bond donors (Lipinski definition) is 0. The van der Waals surface area contributed by atoms with Gasteiger partial charge < -0.3 is 0 Å². The molecule has 0 N–H and O–H groups in total. The molecule has 2 aliphatic rings. The molecular formula is C19H32. The first kappa shape index (κ1) is 15.0. The van der Waals surface area contributed by atoms with Crippen LogP contribution in [0, 0.1) is 35.5 Å². The highest BCUT2D eigenvalue weighted by atomic mass is 14.2. The Morgan fingerprint density at radius 2 is 1.32 bits per heavy atom. The second-order valence-corrected chi connectivity index (χ2v) is 7.11. The number of rotatable bonds is 3. The molecule has 2 rings (SSSR count). The summed E-state index contributed by atoms with van der Waals surface area (Å²) in [5, 5.41) is 0. The van der Waals surface area contributed by atoms with Crippen molar-refractivity contribution in [3.05, 3.63) is 0 Å². The fourth-order valence-electron chi connectivity index (χ4n) is 3.73. The maximum Gasteiger partial charge on any atom is 0.0203 e. The van der Waals surface area contributed by atoms with Gasteiger partial charge in [0, 0.05) is 11.8 Å². The molecule has 0 unspecified atom stereocenters. The Labute approximate surface area is 120 Å². The summed E-state index contributed by atoms with van der Waals surface area (Å²) in [6, 6.07) is 0. The molecule has 0 aliphatic heterocycles. The van der Waals surface area contributed by atoms with E-state index in [4.69, 9.17) is 0 Å². The molecule has 2 aliphatic carbocycles. The lowest BCUT2D eigenvalue weighted by atomic mass is 9.79. The summed E-state index contributed by atoms with van der Waals surface area (Å²) >= 11 is 0. The molecule has 2 fully saturated rings. The van der Waals surface area contributed by atoms with Crippen LogP contribution < -0.4 is 0 Å². The summed E-state index contributed by atoms with van der Waals surface area (Å²) < 4.78 is 0. The maximum absolute atomic E-state index is 3.63. The topological polar surface area (TPSA) is 0 Å². The Kier molecular flexibility index (Phi) is 6.29. The van der Waals surface area contributed by atoms with Crippen molar-refractivity contribution in [2.75, 3.05) is 0 Å². The summed E-state index contributed by atoms with van der Waals surface area (Å²) in [7, 11) is 0. The van der Waals surface area contributed by atoms with E-state index in [-0.39, 0.29) is 0 Å². The van der Waals surface area contributed by atoms with Crippen LogP contribution in [0.2, 0.25) is 0 Å². The van der Waals surface area contributed by atoms with Gasteiger partial charge in [0.15, 0.2) is 0 Å². The highest BCUT2D eigenvalue weighted by Gasteiger charge is 2.20. The van der Waals surface area contributed by atoms with Gasteiger partial charge in [-0.2, -0.15) is 0 Å². The summed E-state index contributed by atoms with van der Waals surface area (Å²) in [6.45, 7) is 4.70. The third-order valence-electron chi connectivity index (χ3n) is 5.32. The van der Waals surface area contributed by atoms with Gasteiger partial charge in [-0.25, -0.2) is 0 Å². The minimum absolute atomic E-state index is 0.731. The smallest absolute Gasteiger partial charge is 0.0203 e. The molecule has 0 bridgehead atoms. The SMILES string of the molecule is CCCC[C@H]1CC[C@H](C#C[C@H]2CC[C@H](C)CC2)CC1. The maximum atomic E-state index is 3.63. The third kappa shape index (κ3) is 5.21. The number of hydrogen-bond acceptors (Lipinski definition) is 0. The average molecular weight is 260 g/mol. The Morgan fingerprint density at radius 3 is 1.84 bits per heavy atom. The lowest BCUT2D eigenvalue weighted by Gasteiger charge is -2.26. The zero-order valence-corrected chi connectivity index (χ0v) is 13.1. The fourth-order valence-corrected chi connectivity index (χ4v) is 3.73. The predicted octanol–water partition coefficient (Wildman–Crippen LogP) is 5.81. The molecule has 0 heterocycles. The minimum Gasteiger partial charge on any atom is -0.0996 e. The Balaban J connectivity index is 1.68. The van der Waals surface area contributed by atoms with E-state index in [1.165, 1.54) is 70.6 Å². The molecule has 108 valence electrons. The van der Waals surface area contributed by atoms with Gasteiger partial charge in [0.2, 0.25) is 0 Å². The van der Waals surface area contributed by atoms with Crippen molar-refractivity contribution in [1.82, 2.24) is 0 Å². The van der Waals surface area contributed by atoms with E-state index in [9.17, 15) is 0 Å². The van der Waals surface area contributed by atoms with Crippen LogP contribution in [-0.4, -0.2) is 0 Å². The highest BCUT2D eigenvalue weighted by molar-refractivity contribution is 5.08. The second-order valence-electron chi connectivity index (χ2n) is 7.11. The molecule has 0 spiro atoms. The normalized spacial score (nSPS) is 35.5. The van der Waals surface area contributed by atoms with Crippen LogP contribution in [0.4, 0.5) is 0 Å². The zero-order valence-electron chi connectivity index (χ0n) is 13.1. The van der Waals surface area contributed by atoms with Gasteiger partial charge >= 0.3 is 0 Å². The van der Waals surface area contributed by atoms with E-state index in [1.54, 1.807) is 0 Å². The van der Waals surface area contributed by atoms with E-state index in [2.05, 4.69) is 25.7 Å². The molecule has 0 aromatic carbocycles. The minimum atomic E-state index is 0.731. The van der Waals surface area contributed by atoms with Gasteiger partial charge in [0.05, 0.1) is 0 Å². The van der Waals surface area contributed by atoms with Crippen LogP contribution in [-0.2, 0) is 0 Å². The third-order valence-corrected chi connectivity index (χ3v) is 5.32. The van der Waals surface area contributed by atoms with Gasteiger partial charge in [-0.1, -0.05) is 45.0 Å². The summed E-state index contributed by atoms with van der Waals surface area (Å²) in [5.74, 6) is 10.7. The van der Waals surface area contributed by atoms with E-state index in [1.807, 2.05) is 0 Å². The lowest BCUT2D eigenvalue weighted by Crippen LogP contribution is -2.14. The molecule has 0 aromatic heterocycles. The van der Waals surface area contributed by atoms with Gasteiger partial charge in [-0.3, -0.25) is 0 Å². The van der Waals surface area contributed by atoms with Gasteiger partial charge in [-0.05, 0) is 63.2 Å². The lowest BCUT2D eigenvalue weighted by molar-refractivity contribution is 0.295. The van der Waals surface area contributed by atoms with E-state index >= 15 is 0 Å². The van der Waals surface area contributed by atoms with Crippen LogP contribution >= 0.6 is 0 Å². The van der Waals surface area contributed by atoms with Crippen LogP contribution in [0.25, 0.3) is 0 Å². The van der Waals surface area contributed by atoms with Crippen LogP contribution in [0.3, 0.4) is 0 Å². The molecule has 0 nitrogen and oxygen atoms in total. The van der Waals surface area contributed by atoms with E-state index in [0.29, 0.717) is 0 Å². The molecule has 0 saturated heterocycles. The fraction of sp³-hybridized carbons (Fsp3) is 0.895. The van der Waals surface area contributed by atoms with Crippen molar-refractivity contribution in [1.29, 1.82) is 0 Å². The first-order valence-electron chi connectivity index (χ1n) is 8.79. The summed E-state index contributed by atoms with van der Waals surface area (Å²) in [6.07, 6.45) is 15.4. The van der Waals surface area contributed by atoms with Gasteiger partial charge in [-0.15, -0.1) is 0 Å². The first-order valence-corrected chi connectivity index (χ1v) is 8.79. The van der Waals surface area contributed by atoms with Crippen LogP contribution in [0.5, 0.6) is 0 Å². The molecular weight excluding hydrogens is 228 g/mol. The second kappa shape index (κ2) is 7.98.